The molecule has 0 radical (unpaired) electrons. The monoisotopic (exact) mass is 366 g/mol. The van der Waals surface area contributed by atoms with E-state index in [9.17, 15) is 24.9 Å². The van der Waals surface area contributed by atoms with Crippen molar-refractivity contribution in [2.24, 2.45) is 0 Å². The zero-order chi connectivity index (χ0) is 19.4. The first-order chi connectivity index (χ1) is 12.9. The Hall–Kier alpha value is -3.74. The summed E-state index contributed by atoms with van der Waals surface area (Å²) in [6.07, 6.45) is 2.70. The van der Waals surface area contributed by atoms with Crippen LogP contribution in [0, 0.1) is 0 Å². The quantitative estimate of drug-likeness (QED) is 0.339. The summed E-state index contributed by atoms with van der Waals surface area (Å²) in [5.41, 5.74) is 2.09. The van der Waals surface area contributed by atoms with Crippen molar-refractivity contribution in [1.82, 2.24) is 10.3 Å². The minimum atomic E-state index is -1.14. The van der Waals surface area contributed by atoms with Crippen LogP contribution in [-0.2, 0) is 16.0 Å². The van der Waals surface area contributed by atoms with Gasteiger partial charge in [0.1, 0.15) is 6.04 Å². The van der Waals surface area contributed by atoms with Gasteiger partial charge in [-0.15, -0.1) is 0 Å². The van der Waals surface area contributed by atoms with Crippen LogP contribution in [-0.4, -0.2) is 38.2 Å². The Balaban J connectivity index is 1.68. The van der Waals surface area contributed by atoms with E-state index in [0.717, 1.165) is 10.9 Å². The molecule has 0 aliphatic rings. The molecule has 0 bridgehead atoms. The third-order valence-electron chi connectivity index (χ3n) is 4.05. The summed E-state index contributed by atoms with van der Waals surface area (Å²) in [4.78, 5) is 26.7. The maximum atomic E-state index is 12.1. The number of rotatable bonds is 6. The van der Waals surface area contributed by atoms with Crippen molar-refractivity contribution in [3.63, 3.8) is 0 Å². The molecule has 3 aromatic rings. The van der Waals surface area contributed by atoms with Crippen LogP contribution >= 0.6 is 0 Å². The molecular formula is C20H18N2O5. The molecule has 1 aromatic heterocycles. The minimum absolute atomic E-state index is 0.115. The van der Waals surface area contributed by atoms with Crippen LogP contribution in [0.5, 0.6) is 11.5 Å². The second-order valence-corrected chi connectivity index (χ2v) is 6.07. The number of nitrogens with one attached hydrogen (secondary N) is 2. The van der Waals surface area contributed by atoms with Crippen LogP contribution in [0.2, 0.25) is 0 Å². The van der Waals surface area contributed by atoms with E-state index >= 15 is 0 Å². The first kappa shape index (κ1) is 18.1. The molecule has 0 fully saturated rings. The molecular weight excluding hydrogens is 348 g/mol. The first-order valence-electron chi connectivity index (χ1n) is 8.22. The van der Waals surface area contributed by atoms with Crippen molar-refractivity contribution in [1.29, 1.82) is 0 Å². The van der Waals surface area contributed by atoms with Crippen LogP contribution in [0.4, 0.5) is 0 Å². The number of carbonyl (C=O) groups excluding carboxylic acids is 1. The van der Waals surface area contributed by atoms with E-state index < -0.39 is 17.9 Å². The molecule has 1 heterocycles. The number of phenolic OH excluding ortho intramolecular Hbond substituents is 2. The normalized spacial score (nSPS) is 12.3. The highest BCUT2D eigenvalue weighted by atomic mass is 16.4. The molecule has 138 valence electrons. The van der Waals surface area contributed by atoms with Crippen molar-refractivity contribution in [2.75, 3.05) is 0 Å². The maximum Gasteiger partial charge on any atom is 0.326 e. The van der Waals surface area contributed by atoms with E-state index in [1.807, 2.05) is 30.3 Å². The number of fused-ring (bicyclic) bond motifs is 1. The molecule has 5 N–H and O–H groups in total. The van der Waals surface area contributed by atoms with E-state index in [1.54, 1.807) is 0 Å². The van der Waals surface area contributed by atoms with Crippen LogP contribution in [0.1, 0.15) is 11.3 Å². The number of carboxylic acids is 1. The SMILES string of the molecule is O=C(/C=C/c1ccc(O)c(O)c1)NC(Cc1cc2ccccc2[nH]1)C(=O)O. The van der Waals surface area contributed by atoms with Gasteiger partial charge in [-0.3, -0.25) is 4.79 Å². The molecule has 1 amide bonds. The molecule has 0 spiro atoms. The summed E-state index contributed by atoms with van der Waals surface area (Å²) in [6, 6.07) is 12.4. The molecule has 2 aromatic carbocycles. The van der Waals surface area contributed by atoms with Crippen molar-refractivity contribution < 1.29 is 24.9 Å². The highest BCUT2D eigenvalue weighted by Crippen LogP contribution is 2.25. The van der Waals surface area contributed by atoms with Crippen molar-refractivity contribution in [2.45, 2.75) is 12.5 Å². The molecule has 7 nitrogen and oxygen atoms in total. The maximum absolute atomic E-state index is 12.1. The second kappa shape index (κ2) is 7.65. The zero-order valence-corrected chi connectivity index (χ0v) is 14.2. The number of amides is 1. The van der Waals surface area contributed by atoms with Gasteiger partial charge in [-0.05, 0) is 41.3 Å². The van der Waals surface area contributed by atoms with Gasteiger partial charge in [-0.1, -0.05) is 24.3 Å². The number of H-pyrrole nitrogens is 1. The Bertz CT molecular complexity index is 989. The van der Waals surface area contributed by atoms with Gasteiger partial charge in [0.05, 0.1) is 0 Å². The number of aliphatic carboxylic acids is 1. The summed E-state index contributed by atoms with van der Waals surface area (Å²) in [5.74, 6) is -2.29. The van der Waals surface area contributed by atoms with Gasteiger partial charge in [-0.25, -0.2) is 4.79 Å². The lowest BCUT2D eigenvalue weighted by Gasteiger charge is -2.12. The number of hydrogen-bond donors (Lipinski definition) is 5. The van der Waals surface area contributed by atoms with Gasteiger partial charge in [0.15, 0.2) is 11.5 Å². The van der Waals surface area contributed by atoms with Crippen molar-refractivity contribution in [3.8, 4) is 11.5 Å². The Morgan fingerprint density at radius 1 is 1.07 bits per heavy atom. The van der Waals surface area contributed by atoms with Gasteiger partial charge in [0, 0.05) is 23.7 Å². The largest absolute Gasteiger partial charge is 0.504 e. The Kier molecular flexibility index (Phi) is 5.12. The van der Waals surface area contributed by atoms with Gasteiger partial charge in [0.2, 0.25) is 5.91 Å². The number of phenols is 2. The van der Waals surface area contributed by atoms with Crippen molar-refractivity contribution >= 4 is 28.9 Å². The fourth-order valence-corrected chi connectivity index (χ4v) is 2.70. The molecule has 7 heteroatoms. The molecule has 3 rings (SSSR count). The van der Waals surface area contributed by atoms with Crippen LogP contribution < -0.4 is 5.32 Å². The van der Waals surface area contributed by atoms with Crippen LogP contribution in [0.3, 0.4) is 0 Å². The summed E-state index contributed by atoms with van der Waals surface area (Å²) >= 11 is 0. The predicted octanol–water partition coefficient (Wildman–Crippen LogP) is 2.40. The molecule has 27 heavy (non-hydrogen) atoms. The van der Waals surface area contributed by atoms with Gasteiger partial charge < -0.3 is 25.6 Å². The summed E-state index contributed by atoms with van der Waals surface area (Å²) < 4.78 is 0. The van der Waals surface area contributed by atoms with Crippen LogP contribution in [0.25, 0.3) is 17.0 Å². The average molecular weight is 366 g/mol. The number of aromatic amines is 1. The average Bonchev–Trinajstić information content (AvgIpc) is 3.04. The van der Waals surface area contributed by atoms with E-state index in [4.69, 9.17) is 0 Å². The highest BCUT2D eigenvalue weighted by Gasteiger charge is 2.20. The highest BCUT2D eigenvalue weighted by molar-refractivity contribution is 5.94. The van der Waals surface area contributed by atoms with E-state index in [-0.39, 0.29) is 17.9 Å². The lowest BCUT2D eigenvalue weighted by molar-refractivity contribution is -0.141. The van der Waals surface area contributed by atoms with Gasteiger partial charge >= 0.3 is 5.97 Å². The fourth-order valence-electron chi connectivity index (χ4n) is 2.70. The van der Waals surface area contributed by atoms with E-state index in [2.05, 4.69) is 10.3 Å². The molecule has 1 unspecified atom stereocenters. The number of aromatic nitrogens is 1. The van der Waals surface area contributed by atoms with E-state index in [1.165, 1.54) is 30.4 Å². The number of benzene rings is 2. The topological polar surface area (TPSA) is 123 Å². The first-order valence-corrected chi connectivity index (χ1v) is 8.22. The van der Waals surface area contributed by atoms with Crippen molar-refractivity contribution in [3.05, 3.63) is 65.9 Å². The number of carbonyl (C=O) groups is 2. The number of para-hydroxylation sites is 1. The predicted molar refractivity (Wildman–Crippen MR) is 100 cm³/mol. The lowest BCUT2D eigenvalue weighted by Crippen LogP contribution is -2.41. The minimum Gasteiger partial charge on any atom is -0.504 e. The number of carboxylic acid groups (broad SMARTS) is 1. The van der Waals surface area contributed by atoms with Crippen LogP contribution in [0.15, 0.2) is 54.6 Å². The molecule has 0 aliphatic carbocycles. The van der Waals surface area contributed by atoms with Gasteiger partial charge in [-0.2, -0.15) is 0 Å². The lowest BCUT2D eigenvalue weighted by atomic mass is 10.1. The zero-order valence-electron chi connectivity index (χ0n) is 14.2. The Morgan fingerprint density at radius 3 is 2.56 bits per heavy atom. The molecule has 0 saturated carbocycles. The third kappa shape index (κ3) is 4.46. The fraction of sp³-hybridized carbons (Fsp3) is 0.100. The molecule has 1 atom stereocenters. The summed E-state index contributed by atoms with van der Waals surface area (Å²) in [7, 11) is 0. The van der Waals surface area contributed by atoms with Gasteiger partial charge in [0.25, 0.3) is 0 Å². The second-order valence-electron chi connectivity index (χ2n) is 6.07. The number of aromatic hydroxyl groups is 2. The third-order valence-corrected chi connectivity index (χ3v) is 4.05. The molecule has 0 aliphatic heterocycles. The summed E-state index contributed by atoms with van der Waals surface area (Å²) in [6.45, 7) is 0. The Labute approximate surface area is 154 Å². The Morgan fingerprint density at radius 2 is 1.85 bits per heavy atom. The van der Waals surface area contributed by atoms with E-state index in [0.29, 0.717) is 11.3 Å². The molecule has 0 saturated heterocycles. The number of hydrogen-bond acceptors (Lipinski definition) is 4. The smallest absolute Gasteiger partial charge is 0.326 e. The summed E-state index contributed by atoms with van der Waals surface area (Å²) in [5, 5.41) is 31.5. The standard InChI is InChI=1S/C20H18N2O5/c23-17-7-5-12(9-18(17)24)6-8-19(25)22-16(20(26)27)11-14-10-13-3-1-2-4-15(13)21-14/h1-10,16,21,23-24H,11H2,(H,22,25)(H,26,27)/b8-6+.